The van der Waals surface area contributed by atoms with Crippen molar-refractivity contribution in [2.24, 2.45) is 5.73 Å². The number of phenols is 1. The van der Waals surface area contributed by atoms with E-state index in [2.05, 4.69) is 6.92 Å². The quantitative estimate of drug-likeness (QED) is 0.779. The van der Waals surface area contributed by atoms with Crippen molar-refractivity contribution in [1.29, 1.82) is 0 Å². The highest BCUT2D eigenvalue weighted by molar-refractivity contribution is 5.26. The number of aromatic hydroxyl groups is 1. The summed E-state index contributed by atoms with van der Waals surface area (Å²) in [5.74, 6) is 0.309. The van der Waals surface area contributed by atoms with Gasteiger partial charge in [-0.25, -0.2) is 0 Å². The fourth-order valence-electron chi connectivity index (χ4n) is 1.08. The van der Waals surface area contributed by atoms with Gasteiger partial charge in [-0.3, -0.25) is 0 Å². The molecule has 1 aromatic rings. The van der Waals surface area contributed by atoms with Crippen LogP contribution in [-0.2, 0) is 6.42 Å². The molecule has 0 aromatic heterocycles. The van der Waals surface area contributed by atoms with Crippen LogP contribution in [0, 0.1) is 0 Å². The topological polar surface area (TPSA) is 46.2 Å². The van der Waals surface area contributed by atoms with E-state index in [0.717, 1.165) is 12.8 Å². The number of phenolic OH excluding ortho intramolecular Hbond substituents is 1. The molecule has 1 aromatic carbocycles. The Morgan fingerprint density at radius 3 is 2.14 bits per heavy atom. The summed E-state index contributed by atoms with van der Waals surface area (Å²) in [5, 5.41) is 9.02. The van der Waals surface area contributed by atoms with Gasteiger partial charge < -0.3 is 10.8 Å². The van der Waals surface area contributed by atoms with Gasteiger partial charge in [0, 0.05) is 6.04 Å². The minimum Gasteiger partial charge on any atom is -0.508 e. The molecule has 0 amide bonds. The van der Waals surface area contributed by atoms with Gasteiger partial charge in [0.1, 0.15) is 5.75 Å². The van der Waals surface area contributed by atoms with Crippen molar-refractivity contribution in [3.63, 3.8) is 0 Å². The Hall–Kier alpha value is -1.02. The van der Waals surface area contributed by atoms with Crippen LogP contribution >= 0.6 is 0 Å². The maximum Gasteiger partial charge on any atom is 0.115 e. The van der Waals surface area contributed by atoms with Crippen molar-refractivity contribution in [2.75, 3.05) is 0 Å². The van der Waals surface area contributed by atoms with Crippen LogP contribution in [0.25, 0.3) is 0 Å². The molecule has 1 rings (SSSR count). The average molecular weight is 195 g/mol. The lowest BCUT2D eigenvalue weighted by molar-refractivity contribution is 0.475. The summed E-state index contributed by atoms with van der Waals surface area (Å²) in [6, 6.07) is 7.43. The van der Waals surface area contributed by atoms with Crippen LogP contribution in [0.4, 0.5) is 0 Å². The van der Waals surface area contributed by atoms with Crippen LogP contribution in [0.3, 0.4) is 0 Å². The van der Waals surface area contributed by atoms with Gasteiger partial charge in [0.05, 0.1) is 0 Å². The zero-order valence-corrected chi connectivity index (χ0v) is 9.33. The summed E-state index contributed by atoms with van der Waals surface area (Å²) in [5.41, 5.74) is 6.96. The van der Waals surface area contributed by atoms with E-state index >= 15 is 0 Å². The largest absolute Gasteiger partial charge is 0.508 e. The SMILES string of the molecule is CC.CC[C@@H](N)Cc1ccc(O)cc1. The lowest BCUT2D eigenvalue weighted by Crippen LogP contribution is -2.21. The summed E-state index contributed by atoms with van der Waals surface area (Å²) in [6.45, 7) is 6.07. The Labute approximate surface area is 86.8 Å². The van der Waals surface area contributed by atoms with Gasteiger partial charge in [0.15, 0.2) is 0 Å². The summed E-state index contributed by atoms with van der Waals surface area (Å²) < 4.78 is 0. The Kier molecular flexibility index (Phi) is 6.85. The highest BCUT2D eigenvalue weighted by Crippen LogP contribution is 2.11. The Bertz CT molecular complexity index is 231. The predicted molar refractivity (Wildman–Crippen MR) is 61.4 cm³/mol. The lowest BCUT2D eigenvalue weighted by Gasteiger charge is -2.07. The van der Waals surface area contributed by atoms with Gasteiger partial charge in [-0.1, -0.05) is 32.9 Å². The molecule has 0 saturated heterocycles. The minimum atomic E-state index is 0.231. The summed E-state index contributed by atoms with van der Waals surface area (Å²) in [6.07, 6.45) is 1.87. The van der Waals surface area contributed by atoms with E-state index in [1.807, 2.05) is 26.0 Å². The van der Waals surface area contributed by atoms with Crippen LogP contribution in [-0.4, -0.2) is 11.1 Å². The van der Waals surface area contributed by atoms with Gasteiger partial charge in [-0.15, -0.1) is 0 Å². The van der Waals surface area contributed by atoms with Gasteiger partial charge in [-0.2, -0.15) is 0 Å². The fraction of sp³-hybridized carbons (Fsp3) is 0.500. The minimum absolute atomic E-state index is 0.231. The van der Waals surface area contributed by atoms with Crippen molar-refractivity contribution in [3.05, 3.63) is 29.8 Å². The first kappa shape index (κ1) is 13.0. The number of rotatable bonds is 3. The third-order valence-corrected chi connectivity index (χ3v) is 1.96. The summed E-state index contributed by atoms with van der Waals surface area (Å²) >= 11 is 0. The third-order valence-electron chi connectivity index (χ3n) is 1.96. The van der Waals surface area contributed by atoms with E-state index in [1.54, 1.807) is 12.1 Å². The number of hydrogen-bond donors (Lipinski definition) is 2. The van der Waals surface area contributed by atoms with E-state index in [0.29, 0.717) is 5.75 Å². The zero-order valence-electron chi connectivity index (χ0n) is 9.33. The van der Waals surface area contributed by atoms with Crippen molar-refractivity contribution < 1.29 is 5.11 Å². The molecule has 0 aliphatic carbocycles. The molecule has 3 N–H and O–H groups in total. The highest BCUT2D eigenvalue weighted by atomic mass is 16.3. The molecule has 1 atom stereocenters. The van der Waals surface area contributed by atoms with Crippen molar-refractivity contribution in [3.8, 4) is 5.75 Å². The second-order valence-electron chi connectivity index (χ2n) is 3.04. The van der Waals surface area contributed by atoms with E-state index in [-0.39, 0.29) is 6.04 Å². The molecule has 0 bridgehead atoms. The first-order valence-corrected chi connectivity index (χ1v) is 5.26. The van der Waals surface area contributed by atoms with Crippen LogP contribution in [0.15, 0.2) is 24.3 Å². The molecule has 2 nitrogen and oxygen atoms in total. The molecule has 2 heteroatoms. The number of nitrogens with two attached hydrogens (primary N) is 1. The van der Waals surface area contributed by atoms with Crippen LogP contribution in [0.5, 0.6) is 5.75 Å². The molecule has 0 spiro atoms. The molecular formula is C12H21NO. The standard InChI is InChI=1S/C10H15NO.C2H6/c1-2-9(11)7-8-3-5-10(12)6-4-8;1-2/h3-6,9,12H,2,7,11H2,1H3;1-2H3/t9-;/m1./s1. The van der Waals surface area contributed by atoms with Crippen molar-refractivity contribution >= 4 is 0 Å². The monoisotopic (exact) mass is 195 g/mol. The molecule has 0 aliphatic heterocycles. The normalized spacial score (nSPS) is 11.4. The molecule has 0 fully saturated rings. The van der Waals surface area contributed by atoms with Crippen LogP contribution in [0.2, 0.25) is 0 Å². The van der Waals surface area contributed by atoms with E-state index < -0.39 is 0 Å². The zero-order chi connectivity index (χ0) is 11.0. The van der Waals surface area contributed by atoms with Crippen molar-refractivity contribution in [2.45, 2.75) is 39.7 Å². The molecule has 0 saturated carbocycles. The molecular weight excluding hydrogens is 174 g/mol. The van der Waals surface area contributed by atoms with Crippen LogP contribution in [0.1, 0.15) is 32.8 Å². The molecule has 0 radical (unpaired) electrons. The van der Waals surface area contributed by atoms with Gasteiger partial charge >= 0.3 is 0 Å². The first-order chi connectivity index (χ1) is 6.72. The molecule has 0 aliphatic rings. The second-order valence-corrected chi connectivity index (χ2v) is 3.04. The van der Waals surface area contributed by atoms with E-state index in [9.17, 15) is 0 Å². The predicted octanol–water partition coefficient (Wildman–Crippen LogP) is 2.70. The van der Waals surface area contributed by atoms with Gasteiger partial charge in [-0.05, 0) is 30.5 Å². The third kappa shape index (κ3) is 4.87. The first-order valence-electron chi connectivity index (χ1n) is 5.26. The molecule has 14 heavy (non-hydrogen) atoms. The van der Waals surface area contributed by atoms with Crippen LogP contribution < -0.4 is 5.73 Å². The lowest BCUT2D eigenvalue weighted by atomic mass is 10.1. The van der Waals surface area contributed by atoms with E-state index in [1.165, 1.54) is 5.56 Å². The Balaban J connectivity index is 0.000000791. The molecule has 80 valence electrons. The molecule has 0 unspecified atom stereocenters. The van der Waals surface area contributed by atoms with Gasteiger partial charge in [0.25, 0.3) is 0 Å². The second kappa shape index (κ2) is 7.39. The fourth-order valence-corrected chi connectivity index (χ4v) is 1.08. The average Bonchev–Trinajstić information content (AvgIpc) is 2.24. The highest BCUT2D eigenvalue weighted by Gasteiger charge is 2.00. The van der Waals surface area contributed by atoms with E-state index in [4.69, 9.17) is 10.8 Å². The molecule has 0 heterocycles. The maximum atomic E-state index is 9.02. The van der Waals surface area contributed by atoms with Gasteiger partial charge in [0.2, 0.25) is 0 Å². The number of hydrogen-bond acceptors (Lipinski definition) is 2. The summed E-state index contributed by atoms with van der Waals surface area (Å²) in [4.78, 5) is 0. The smallest absolute Gasteiger partial charge is 0.115 e. The number of benzene rings is 1. The van der Waals surface area contributed by atoms with Crippen molar-refractivity contribution in [1.82, 2.24) is 0 Å². The summed E-state index contributed by atoms with van der Waals surface area (Å²) in [7, 11) is 0. The Morgan fingerprint density at radius 2 is 1.71 bits per heavy atom. The maximum absolute atomic E-state index is 9.02. The Morgan fingerprint density at radius 1 is 1.21 bits per heavy atom.